The van der Waals surface area contributed by atoms with Crippen LogP contribution in [-0.2, 0) is 19.0 Å². The van der Waals surface area contributed by atoms with Gasteiger partial charge in [-0.2, -0.15) is 5.10 Å². The molecule has 1 aromatic rings. The molecule has 4 rings (SSSR count). The average Bonchev–Trinajstić information content (AvgIpc) is 2.74. The van der Waals surface area contributed by atoms with E-state index in [-0.39, 0.29) is 5.41 Å². The second-order valence-corrected chi connectivity index (χ2v) is 8.32. The molecule has 3 saturated carbocycles. The molecule has 4 atom stereocenters. The first kappa shape index (κ1) is 12.9. The molecule has 3 heteroatoms. The number of nitrogens with one attached hydrogen (secondary N) is 1. The topological polar surface area (TPSA) is 29.9 Å². The van der Waals surface area contributed by atoms with Crippen LogP contribution in [0.3, 0.4) is 0 Å². The first-order valence-electron chi connectivity index (χ1n) is 8.21. The molecular weight excluding hydrogens is 246 g/mol. The van der Waals surface area contributed by atoms with E-state index in [9.17, 15) is 0 Å². The SMILES string of the molecule is Cn1cc(CNC2C3C4CCC(C4)C23)c(C(C)(C)C)n1. The highest BCUT2D eigenvalue weighted by Crippen LogP contribution is 2.65. The van der Waals surface area contributed by atoms with Gasteiger partial charge in [-0.3, -0.25) is 4.68 Å². The van der Waals surface area contributed by atoms with Crippen LogP contribution in [0.5, 0.6) is 0 Å². The van der Waals surface area contributed by atoms with Gasteiger partial charge in [0.05, 0.1) is 5.69 Å². The highest BCUT2D eigenvalue weighted by atomic mass is 15.3. The molecule has 0 aliphatic heterocycles. The Labute approximate surface area is 122 Å². The van der Waals surface area contributed by atoms with E-state index >= 15 is 0 Å². The summed E-state index contributed by atoms with van der Waals surface area (Å²) in [5.41, 5.74) is 2.77. The van der Waals surface area contributed by atoms with Gasteiger partial charge in [0, 0.05) is 36.8 Å². The second kappa shape index (κ2) is 4.09. The van der Waals surface area contributed by atoms with E-state index in [1.807, 2.05) is 11.7 Å². The molecule has 0 amide bonds. The molecule has 1 aromatic heterocycles. The largest absolute Gasteiger partial charge is 0.309 e. The molecule has 1 heterocycles. The number of rotatable bonds is 3. The third-order valence-electron chi connectivity index (χ3n) is 5.88. The van der Waals surface area contributed by atoms with E-state index in [1.54, 1.807) is 0 Å². The van der Waals surface area contributed by atoms with E-state index in [4.69, 9.17) is 0 Å². The lowest BCUT2D eigenvalue weighted by molar-refractivity contribution is 0.456. The maximum Gasteiger partial charge on any atom is 0.0722 e. The van der Waals surface area contributed by atoms with Gasteiger partial charge in [0.1, 0.15) is 0 Å². The molecule has 3 fully saturated rings. The van der Waals surface area contributed by atoms with Crippen molar-refractivity contribution in [3.8, 4) is 0 Å². The van der Waals surface area contributed by atoms with E-state index in [0.717, 1.165) is 36.3 Å². The van der Waals surface area contributed by atoms with Crippen molar-refractivity contribution in [1.29, 1.82) is 0 Å². The molecular formula is C17H27N3. The van der Waals surface area contributed by atoms with Crippen molar-refractivity contribution in [3.63, 3.8) is 0 Å². The minimum absolute atomic E-state index is 0.136. The Hall–Kier alpha value is -0.830. The maximum absolute atomic E-state index is 4.67. The lowest BCUT2D eigenvalue weighted by Gasteiger charge is -2.18. The number of nitrogens with zero attached hydrogens (tertiary/aromatic N) is 2. The van der Waals surface area contributed by atoms with Gasteiger partial charge in [0.2, 0.25) is 0 Å². The Kier molecular flexibility index (Phi) is 2.64. The van der Waals surface area contributed by atoms with Crippen LogP contribution in [0.4, 0.5) is 0 Å². The predicted octanol–water partition coefficient (Wildman–Crippen LogP) is 2.85. The zero-order chi connectivity index (χ0) is 14.1. The first-order valence-corrected chi connectivity index (χ1v) is 8.21. The summed E-state index contributed by atoms with van der Waals surface area (Å²) in [6.45, 7) is 7.76. The lowest BCUT2D eigenvalue weighted by atomic mass is 9.89. The van der Waals surface area contributed by atoms with Crippen LogP contribution in [0.25, 0.3) is 0 Å². The molecule has 3 aliphatic rings. The molecule has 0 aromatic carbocycles. The van der Waals surface area contributed by atoms with Gasteiger partial charge in [-0.1, -0.05) is 20.8 Å². The molecule has 3 aliphatic carbocycles. The summed E-state index contributed by atoms with van der Waals surface area (Å²) in [5.74, 6) is 4.14. The summed E-state index contributed by atoms with van der Waals surface area (Å²) in [5, 5.41) is 8.52. The fourth-order valence-electron chi connectivity index (χ4n) is 5.12. The summed E-state index contributed by atoms with van der Waals surface area (Å²) in [4.78, 5) is 0. The molecule has 0 spiro atoms. The van der Waals surface area contributed by atoms with Crippen LogP contribution >= 0.6 is 0 Å². The Morgan fingerprint density at radius 3 is 2.50 bits per heavy atom. The van der Waals surface area contributed by atoms with E-state index in [1.165, 1.54) is 30.5 Å². The molecule has 110 valence electrons. The Balaban J connectivity index is 1.44. The van der Waals surface area contributed by atoms with Crippen molar-refractivity contribution in [2.75, 3.05) is 0 Å². The third kappa shape index (κ3) is 1.86. The highest BCUT2D eigenvalue weighted by molar-refractivity contribution is 5.25. The normalized spacial score (nSPS) is 38.3. The van der Waals surface area contributed by atoms with Gasteiger partial charge in [-0.25, -0.2) is 0 Å². The predicted molar refractivity (Wildman–Crippen MR) is 80.3 cm³/mol. The summed E-state index contributed by atoms with van der Waals surface area (Å²) < 4.78 is 1.97. The Bertz CT molecular complexity index is 509. The van der Waals surface area contributed by atoms with E-state index < -0.39 is 0 Å². The number of aromatic nitrogens is 2. The van der Waals surface area contributed by atoms with Gasteiger partial charge >= 0.3 is 0 Å². The zero-order valence-electron chi connectivity index (χ0n) is 13.2. The standard InChI is InChI=1S/C17H27N3/c1-17(2,3)16-12(9-20(4)19-16)8-18-15-13-10-5-6-11(7-10)14(13)15/h9-11,13-15,18H,5-8H2,1-4H3. The quantitative estimate of drug-likeness (QED) is 0.918. The van der Waals surface area contributed by atoms with Crippen LogP contribution in [0.15, 0.2) is 6.20 Å². The molecule has 1 N–H and O–H groups in total. The summed E-state index contributed by atoms with van der Waals surface area (Å²) in [6, 6.07) is 0.814. The number of hydrogen-bond donors (Lipinski definition) is 1. The minimum Gasteiger partial charge on any atom is -0.309 e. The first-order chi connectivity index (χ1) is 9.45. The van der Waals surface area contributed by atoms with Gasteiger partial charge in [-0.05, 0) is 42.9 Å². The monoisotopic (exact) mass is 273 g/mol. The molecule has 0 radical (unpaired) electrons. The van der Waals surface area contributed by atoms with Crippen LogP contribution in [0, 0.1) is 23.7 Å². The van der Waals surface area contributed by atoms with Crippen molar-refractivity contribution < 1.29 is 0 Å². The Morgan fingerprint density at radius 2 is 1.90 bits per heavy atom. The number of fused-ring (bicyclic) bond motifs is 5. The lowest BCUT2D eigenvalue weighted by Crippen LogP contribution is -2.24. The van der Waals surface area contributed by atoms with Gasteiger partial charge in [-0.15, -0.1) is 0 Å². The van der Waals surface area contributed by atoms with Gasteiger partial charge in [0.15, 0.2) is 0 Å². The average molecular weight is 273 g/mol. The summed E-state index contributed by atoms with van der Waals surface area (Å²) >= 11 is 0. The maximum atomic E-state index is 4.67. The Morgan fingerprint density at radius 1 is 1.25 bits per heavy atom. The van der Waals surface area contributed by atoms with Crippen molar-refractivity contribution >= 4 is 0 Å². The fourth-order valence-corrected chi connectivity index (χ4v) is 5.12. The molecule has 4 unspecified atom stereocenters. The van der Waals surface area contributed by atoms with Gasteiger partial charge in [0.25, 0.3) is 0 Å². The fraction of sp³-hybridized carbons (Fsp3) is 0.824. The smallest absolute Gasteiger partial charge is 0.0722 e. The summed E-state index contributed by atoms with van der Waals surface area (Å²) in [7, 11) is 2.03. The highest BCUT2D eigenvalue weighted by Gasteiger charge is 2.64. The van der Waals surface area contributed by atoms with E-state index in [0.29, 0.717) is 0 Å². The van der Waals surface area contributed by atoms with Crippen molar-refractivity contribution in [3.05, 3.63) is 17.5 Å². The van der Waals surface area contributed by atoms with Crippen LogP contribution < -0.4 is 5.32 Å². The zero-order valence-corrected chi connectivity index (χ0v) is 13.2. The molecule has 20 heavy (non-hydrogen) atoms. The minimum atomic E-state index is 0.136. The van der Waals surface area contributed by atoms with Crippen molar-refractivity contribution in [2.24, 2.45) is 30.7 Å². The van der Waals surface area contributed by atoms with Crippen molar-refractivity contribution in [1.82, 2.24) is 15.1 Å². The molecule has 0 saturated heterocycles. The molecule has 2 bridgehead atoms. The van der Waals surface area contributed by atoms with Crippen LogP contribution in [-0.4, -0.2) is 15.8 Å². The third-order valence-corrected chi connectivity index (χ3v) is 5.88. The number of aryl methyl sites for hydroxylation is 1. The van der Waals surface area contributed by atoms with Crippen LogP contribution in [0.2, 0.25) is 0 Å². The van der Waals surface area contributed by atoms with Crippen molar-refractivity contribution in [2.45, 2.75) is 58.0 Å². The number of hydrogen-bond acceptors (Lipinski definition) is 2. The van der Waals surface area contributed by atoms with Crippen LogP contribution in [0.1, 0.15) is 51.3 Å². The molecule has 3 nitrogen and oxygen atoms in total. The van der Waals surface area contributed by atoms with E-state index in [2.05, 4.69) is 37.4 Å². The summed E-state index contributed by atoms with van der Waals surface area (Å²) in [6.07, 6.45) is 6.74. The van der Waals surface area contributed by atoms with Gasteiger partial charge < -0.3 is 5.32 Å². The second-order valence-electron chi connectivity index (χ2n) is 8.32.